The summed E-state index contributed by atoms with van der Waals surface area (Å²) >= 11 is 1.52. The number of rotatable bonds is 3. The van der Waals surface area contributed by atoms with Gasteiger partial charge in [-0.15, -0.1) is 11.3 Å². The third-order valence-corrected chi connectivity index (χ3v) is 4.89. The van der Waals surface area contributed by atoms with E-state index >= 15 is 0 Å². The predicted molar refractivity (Wildman–Crippen MR) is 92.8 cm³/mol. The number of allylic oxidation sites excluding steroid dienone is 1. The van der Waals surface area contributed by atoms with Gasteiger partial charge in [0.2, 0.25) is 0 Å². The van der Waals surface area contributed by atoms with Gasteiger partial charge >= 0.3 is 0 Å². The van der Waals surface area contributed by atoms with E-state index in [0.29, 0.717) is 5.57 Å². The Balaban J connectivity index is 1.80. The molecule has 3 nitrogen and oxygen atoms in total. The van der Waals surface area contributed by atoms with Crippen molar-refractivity contribution in [3.8, 4) is 6.07 Å². The molecule has 112 valence electrons. The molecule has 0 atom stereocenters. The molecule has 0 aliphatic carbocycles. The first-order valence-electron chi connectivity index (χ1n) is 7.65. The second-order valence-electron chi connectivity index (χ2n) is 5.60. The minimum absolute atomic E-state index is 0.629. The van der Waals surface area contributed by atoms with Crippen LogP contribution >= 0.6 is 11.3 Å². The number of aromatic nitrogens is 1. The molecule has 0 saturated carbocycles. The van der Waals surface area contributed by atoms with Gasteiger partial charge < -0.3 is 4.90 Å². The zero-order valence-corrected chi connectivity index (χ0v) is 13.6. The number of benzene rings is 1. The van der Waals surface area contributed by atoms with E-state index in [4.69, 9.17) is 0 Å². The van der Waals surface area contributed by atoms with E-state index in [0.717, 1.165) is 29.4 Å². The van der Waals surface area contributed by atoms with Gasteiger partial charge in [0.15, 0.2) is 0 Å². The van der Waals surface area contributed by atoms with Gasteiger partial charge in [0.1, 0.15) is 11.1 Å². The molecule has 22 heavy (non-hydrogen) atoms. The number of hydrogen-bond acceptors (Lipinski definition) is 4. The van der Waals surface area contributed by atoms with Crippen LogP contribution in [0.3, 0.4) is 0 Å². The summed E-state index contributed by atoms with van der Waals surface area (Å²) in [4.78, 5) is 6.83. The fraction of sp³-hybridized carbons (Fsp3) is 0.333. The van der Waals surface area contributed by atoms with Crippen LogP contribution in [-0.4, -0.2) is 18.1 Å². The predicted octanol–water partition coefficient (Wildman–Crippen LogP) is 4.51. The first-order valence-corrected chi connectivity index (χ1v) is 8.53. The Morgan fingerprint density at radius 1 is 1.23 bits per heavy atom. The minimum atomic E-state index is 0.629. The van der Waals surface area contributed by atoms with Crippen LogP contribution in [-0.2, 0) is 0 Å². The summed E-state index contributed by atoms with van der Waals surface area (Å²) in [5, 5.41) is 12.1. The lowest BCUT2D eigenvalue weighted by molar-refractivity contribution is 0.578. The molecule has 3 rings (SSSR count). The Bertz CT molecular complexity index is 701. The molecule has 1 saturated heterocycles. The molecule has 0 spiro atoms. The highest BCUT2D eigenvalue weighted by Crippen LogP contribution is 2.24. The van der Waals surface area contributed by atoms with E-state index in [9.17, 15) is 5.26 Å². The van der Waals surface area contributed by atoms with E-state index in [1.54, 1.807) is 0 Å². The fourth-order valence-corrected chi connectivity index (χ4v) is 3.48. The zero-order valence-electron chi connectivity index (χ0n) is 12.7. The van der Waals surface area contributed by atoms with Crippen molar-refractivity contribution in [1.29, 1.82) is 5.26 Å². The standard InChI is InChI=1S/C18H19N3S/c1-14-13-22-18(20-14)16(12-19)11-15-5-7-17(8-6-15)21-9-3-2-4-10-21/h5-8,11,13H,2-4,9-10H2,1H3. The fourth-order valence-electron chi connectivity index (χ4n) is 2.72. The molecule has 1 aromatic heterocycles. The van der Waals surface area contributed by atoms with Gasteiger partial charge in [-0.05, 0) is 50.0 Å². The van der Waals surface area contributed by atoms with Crippen molar-refractivity contribution in [2.24, 2.45) is 0 Å². The number of thiazole rings is 1. The number of nitrogens with zero attached hydrogens (tertiary/aromatic N) is 3. The highest BCUT2D eigenvalue weighted by Gasteiger charge is 2.10. The van der Waals surface area contributed by atoms with Crippen molar-refractivity contribution in [2.45, 2.75) is 26.2 Å². The smallest absolute Gasteiger partial charge is 0.134 e. The third-order valence-electron chi connectivity index (χ3n) is 3.90. The van der Waals surface area contributed by atoms with Crippen LogP contribution in [0.4, 0.5) is 5.69 Å². The van der Waals surface area contributed by atoms with Crippen molar-refractivity contribution >= 4 is 28.7 Å². The van der Waals surface area contributed by atoms with Crippen molar-refractivity contribution in [3.63, 3.8) is 0 Å². The van der Waals surface area contributed by atoms with Gasteiger partial charge in [-0.3, -0.25) is 0 Å². The van der Waals surface area contributed by atoms with E-state index in [2.05, 4.69) is 40.2 Å². The highest BCUT2D eigenvalue weighted by atomic mass is 32.1. The van der Waals surface area contributed by atoms with Gasteiger partial charge in [-0.1, -0.05) is 12.1 Å². The summed E-state index contributed by atoms with van der Waals surface area (Å²) in [6, 6.07) is 10.7. The lowest BCUT2D eigenvalue weighted by Crippen LogP contribution is -2.29. The minimum Gasteiger partial charge on any atom is -0.372 e. The first kappa shape index (κ1) is 14.8. The molecule has 0 unspecified atom stereocenters. The van der Waals surface area contributed by atoms with Crippen LogP contribution in [0, 0.1) is 18.3 Å². The topological polar surface area (TPSA) is 39.9 Å². The van der Waals surface area contributed by atoms with E-state index in [1.165, 1.54) is 36.3 Å². The SMILES string of the molecule is Cc1csc(C(C#N)=Cc2ccc(N3CCCCC3)cc2)n1. The number of hydrogen-bond donors (Lipinski definition) is 0. The van der Waals surface area contributed by atoms with Gasteiger partial charge in [0.05, 0.1) is 5.57 Å². The summed E-state index contributed by atoms with van der Waals surface area (Å²) in [6.07, 6.45) is 5.82. The Morgan fingerprint density at radius 2 is 1.95 bits per heavy atom. The maximum absolute atomic E-state index is 9.35. The summed E-state index contributed by atoms with van der Waals surface area (Å²) < 4.78 is 0. The quantitative estimate of drug-likeness (QED) is 0.783. The van der Waals surface area contributed by atoms with Crippen molar-refractivity contribution in [1.82, 2.24) is 4.98 Å². The number of anilines is 1. The molecular formula is C18H19N3S. The molecule has 1 aliphatic heterocycles. The van der Waals surface area contributed by atoms with Crippen LogP contribution in [0.5, 0.6) is 0 Å². The van der Waals surface area contributed by atoms with Crippen molar-refractivity contribution < 1.29 is 0 Å². The van der Waals surface area contributed by atoms with Crippen molar-refractivity contribution in [3.05, 3.63) is 45.9 Å². The second-order valence-corrected chi connectivity index (χ2v) is 6.46. The third kappa shape index (κ3) is 3.37. The normalized spacial score (nSPS) is 15.6. The molecule has 1 aromatic carbocycles. The second kappa shape index (κ2) is 6.76. The number of aryl methyl sites for hydroxylation is 1. The summed E-state index contributed by atoms with van der Waals surface area (Å²) in [6.45, 7) is 4.25. The molecule has 0 amide bonds. The molecule has 0 N–H and O–H groups in total. The zero-order chi connectivity index (χ0) is 15.4. The van der Waals surface area contributed by atoms with E-state index in [-0.39, 0.29) is 0 Å². The summed E-state index contributed by atoms with van der Waals surface area (Å²) in [7, 11) is 0. The monoisotopic (exact) mass is 309 g/mol. The highest BCUT2D eigenvalue weighted by molar-refractivity contribution is 7.11. The van der Waals surface area contributed by atoms with Gasteiger partial charge in [0, 0.05) is 29.9 Å². The molecule has 1 fully saturated rings. The van der Waals surface area contributed by atoms with Crippen LogP contribution in [0.15, 0.2) is 29.6 Å². The van der Waals surface area contributed by atoms with Gasteiger partial charge in [-0.25, -0.2) is 4.98 Å². The lowest BCUT2D eigenvalue weighted by atomic mass is 10.1. The summed E-state index contributed by atoms with van der Waals surface area (Å²) in [5.41, 5.74) is 3.91. The Morgan fingerprint density at radius 3 is 2.55 bits per heavy atom. The van der Waals surface area contributed by atoms with Crippen LogP contribution in [0.25, 0.3) is 11.6 Å². The summed E-state index contributed by atoms with van der Waals surface area (Å²) in [5.74, 6) is 0. The molecule has 4 heteroatoms. The van der Waals surface area contributed by atoms with Crippen LogP contribution < -0.4 is 4.90 Å². The average molecular weight is 309 g/mol. The maximum Gasteiger partial charge on any atom is 0.134 e. The largest absolute Gasteiger partial charge is 0.372 e. The van der Waals surface area contributed by atoms with Crippen molar-refractivity contribution in [2.75, 3.05) is 18.0 Å². The van der Waals surface area contributed by atoms with Crippen LogP contribution in [0.1, 0.15) is 35.5 Å². The molecule has 0 radical (unpaired) electrons. The Kier molecular flexibility index (Phi) is 4.55. The first-order chi connectivity index (χ1) is 10.8. The Hall–Kier alpha value is -2.12. The lowest BCUT2D eigenvalue weighted by Gasteiger charge is -2.28. The number of piperidine rings is 1. The maximum atomic E-state index is 9.35. The van der Waals surface area contributed by atoms with E-state index < -0.39 is 0 Å². The molecule has 2 aromatic rings. The Labute approximate surface area is 135 Å². The van der Waals surface area contributed by atoms with Gasteiger partial charge in [0.25, 0.3) is 0 Å². The molecule has 2 heterocycles. The molecule has 1 aliphatic rings. The number of nitriles is 1. The average Bonchev–Trinajstić information content (AvgIpc) is 3.00. The van der Waals surface area contributed by atoms with Gasteiger partial charge in [-0.2, -0.15) is 5.26 Å². The molecule has 0 bridgehead atoms. The molecular weight excluding hydrogens is 290 g/mol. The van der Waals surface area contributed by atoms with Crippen LogP contribution in [0.2, 0.25) is 0 Å². The van der Waals surface area contributed by atoms with E-state index in [1.807, 2.05) is 18.4 Å².